The van der Waals surface area contributed by atoms with Gasteiger partial charge in [-0.1, -0.05) is 0 Å². The number of anilines is 1. The summed E-state index contributed by atoms with van der Waals surface area (Å²) in [6.45, 7) is 3.19. The molecule has 0 unspecified atom stereocenters. The highest BCUT2D eigenvalue weighted by molar-refractivity contribution is 7.86. The van der Waals surface area contributed by atoms with Crippen LogP contribution in [0, 0.1) is 22.7 Å². The van der Waals surface area contributed by atoms with Gasteiger partial charge >= 0.3 is 0 Å². The summed E-state index contributed by atoms with van der Waals surface area (Å²) in [7, 11) is -9.50. The lowest BCUT2D eigenvalue weighted by atomic mass is 10.0. The van der Waals surface area contributed by atoms with Gasteiger partial charge in [0.2, 0.25) is 0 Å². The fraction of sp³-hybridized carbons (Fsp3) is 0.125. The maximum absolute atomic E-state index is 11.5. The van der Waals surface area contributed by atoms with E-state index in [1.165, 1.54) is 17.1 Å². The molecule has 0 amide bonds. The first-order chi connectivity index (χ1) is 12.4. The molecular weight excluding hydrogens is 394 g/mol. The molecule has 2 N–H and O–H groups in total. The molecule has 1 aliphatic rings. The van der Waals surface area contributed by atoms with Gasteiger partial charge in [-0.3, -0.25) is 9.11 Å². The van der Waals surface area contributed by atoms with Crippen LogP contribution in [-0.4, -0.2) is 25.9 Å². The van der Waals surface area contributed by atoms with E-state index in [1.807, 2.05) is 0 Å². The van der Waals surface area contributed by atoms with E-state index in [0.717, 1.165) is 12.1 Å². The molecule has 0 fully saturated rings. The lowest BCUT2D eigenvalue weighted by Crippen LogP contribution is -2.22. The van der Waals surface area contributed by atoms with Crippen LogP contribution in [-0.2, 0) is 20.2 Å². The summed E-state index contributed by atoms with van der Waals surface area (Å²) >= 11 is 0. The van der Waals surface area contributed by atoms with Gasteiger partial charge in [-0.05, 0) is 44.2 Å². The van der Waals surface area contributed by atoms with Crippen molar-refractivity contribution in [3.8, 4) is 12.1 Å². The quantitative estimate of drug-likeness (QED) is 0.565. The Labute approximate surface area is 156 Å². The largest absolute Gasteiger partial charge is 0.318 e. The van der Waals surface area contributed by atoms with E-state index < -0.39 is 30.0 Å². The highest BCUT2D eigenvalue weighted by Crippen LogP contribution is 2.33. The second-order valence-electron chi connectivity index (χ2n) is 5.57. The van der Waals surface area contributed by atoms with Gasteiger partial charge in [0.25, 0.3) is 20.2 Å². The van der Waals surface area contributed by atoms with Crippen molar-refractivity contribution in [2.24, 2.45) is 0 Å². The number of benzene rings is 1. The van der Waals surface area contributed by atoms with Crippen LogP contribution in [0.5, 0.6) is 0 Å². The first kappa shape index (κ1) is 20.4. The van der Waals surface area contributed by atoms with Crippen molar-refractivity contribution < 1.29 is 25.9 Å². The Morgan fingerprint density at radius 1 is 0.889 bits per heavy atom. The number of hydrogen-bond acceptors (Lipinski definition) is 7. The molecule has 0 spiro atoms. The minimum atomic E-state index is -4.75. The van der Waals surface area contributed by atoms with Crippen molar-refractivity contribution in [3.05, 3.63) is 52.9 Å². The molecular formula is C16H13N3O6S2. The van der Waals surface area contributed by atoms with Gasteiger partial charge in [0, 0.05) is 22.7 Å². The van der Waals surface area contributed by atoms with Gasteiger partial charge in [0.15, 0.2) is 0 Å². The smallest absolute Gasteiger partial charge is 0.294 e. The van der Waals surface area contributed by atoms with Crippen molar-refractivity contribution in [2.75, 3.05) is 4.90 Å². The van der Waals surface area contributed by atoms with Crippen LogP contribution < -0.4 is 4.90 Å². The van der Waals surface area contributed by atoms with Gasteiger partial charge in [-0.25, -0.2) is 0 Å². The third-order valence-corrected chi connectivity index (χ3v) is 5.33. The Morgan fingerprint density at radius 3 is 1.63 bits per heavy atom. The van der Waals surface area contributed by atoms with Crippen LogP contribution in [0.25, 0.3) is 0 Å². The van der Waals surface area contributed by atoms with E-state index in [1.54, 1.807) is 26.0 Å². The summed E-state index contributed by atoms with van der Waals surface area (Å²) in [5, 5.41) is 18.0. The molecule has 140 valence electrons. The Kier molecular flexibility index (Phi) is 5.26. The zero-order chi connectivity index (χ0) is 20.6. The molecule has 1 aromatic rings. The van der Waals surface area contributed by atoms with Crippen LogP contribution in [0.15, 0.2) is 62.7 Å². The Hall–Kier alpha value is -2.96. The van der Waals surface area contributed by atoms with Crippen molar-refractivity contribution in [1.82, 2.24) is 0 Å². The third-order valence-electron chi connectivity index (χ3n) is 3.67. The topological polar surface area (TPSA) is 160 Å². The molecule has 27 heavy (non-hydrogen) atoms. The monoisotopic (exact) mass is 407 g/mol. The van der Waals surface area contributed by atoms with Gasteiger partial charge < -0.3 is 4.90 Å². The molecule has 1 aliphatic heterocycles. The Morgan fingerprint density at radius 2 is 1.30 bits per heavy atom. The second kappa shape index (κ2) is 6.98. The molecule has 11 heteroatoms. The average Bonchev–Trinajstić information content (AvgIpc) is 2.53. The standard InChI is InChI=1S/C16H13N3O6S2/c1-10-3-12(13(8-17)9-18)4-11(2)19(10)14-5-15(26(20,21)22)7-16(6-14)27(23,24)25/h3-7H,1-2H3,(H,20,21,22)(H,23,24,25). The average molecular weight is 407 g/mol. The predicted octanol–water partition coefficient (Wildman–Crippen LogP) is 2.15. The van der Waals surface area contributed by atoms with E-state index in [9.17, 15) is 25.9 Å². The van der Waals surface area contributed by atoms with Gasteiger partial charge in [-0.15, -0.1) is 0 Å². The number of rotatable bonds is 3. The maximum atomic E-state index is 11.5. The molecule has 9 nitrogen and oxygen atoms in total. The fourth-order valence-corrected chi connectivity index (χ4v) is 3.75. The van der Waals surface area contributed by atoms with E-state index in [4.69, 9.17) is 10.5 Å². The minimum Gasteiger partial charge on any atom is -0.318 e. The second-order valence-corrected chi connectivity index (χ2v) is 8.42. The lowest BCUT2D eigenvalue weighted by Gasteiger charge is -2.30. The summed E-state index contributed by atoms with van der Waals surface area (Å²) in [5.41, 5.74) is 1.14. The highest BCUT2D eigenvalue weighted by Gasteiger charge is 2.23. The maximum Gasteiger partial charge on any atom is 0.294 e. The van der Waals surface area contributed by atoms with E-state index >= 15 is 0 Å². The number of nitriles is 2. The lowest BCUT2D eigenvalue weighted by molar-refractivity contribution is 0.481. The van der Waals surface area contributed by atoms with E-state index in [2.05, 4.69) is 0 Å². The fourth-order valence-electron chi connectivity index (χ4n) is 2.59. The molecule has 2 rings (SSSR count). The van der Waals surface area contributed by atoms with Crippen LogP contribution in [0.3, 0.4) is 0 Å². The summed E-state index contributed by atoms with van der Waals surface area (Å²) in [6, 6.07) is 6.21. The molecule has 0 bridgehead atoms. The molecule has 1 heterocycles. The summed E-state index contributed by atoms with van der Waals surface area (Å²) in [5.74, 6) is 0. The van der Waals surface area contributed by atoms with Crippen LogP contribution >= 0.6 is 0 Å². The van der Waals surface area contributed by atoms with Crippen molar-refractivity contribution in [3.63, 3.8) is 0 Å². The van der Waals surface area contributed by atoms with E-state index in [0.29, 0.717) is 23.0 Å². The van der Waals surface area contributed by atoms with Gasteiger partial charge in [-0.2, -0.15) is 27.4 Å². The SMILES string of the molecule is CC1=CC(=C(C#N)C#N)C=C(C)N1c1cc(S(=O)(=O)O)cc(S(=O)(=O)O)c1. The third kappa shape index (κ3) is 4.24. The van der Waals surface area contributed by atoms with Crippen LogP contribution in [0.2, 0.25) is 0 Å². The number of nitrogens with zero attached hydrogens (tertiary/aromatic N) is 3. The Balaban J connectivity index is 2.75. The molecule has 0 saturated carbocycles. The first-order valence-corrected chi connectivity index (χ1v) is 10.1. The van der Waals surface area contributed by atoms with Crippen LogP contribution in [0.4, 0.5) is 5.69 Å². The van der Waals surface area contributed by atoms with Crippen molar-refractivity contribution in [1.29, 1.82) is 10.5 Å². The normalized spacial score (nSPS) is 14.7. The number of hydrogen-bond donors (Lipinski definition) is 2. The zero-order valence-electron chi connectivity index (χ0n) is 14.1. The summed E-state index contributed by atoms with van der Waals surface area (Å²) < 4.78 is 64.5. The number of allylic oxidation sites excluding steroid dienone is 6. The summed E-state index contributed by atoms with van der Waals surface area (Å²) in [6.07, 6.45) is 2.98. The van der Waals surface area contributed by atoms with Gasteiger partial charge in [0.1, 0.15) is 17.7 Å². The Bertz CT molecular complexity index is 1120. The molecule has 0 saturated heterocycles. The first-order valence-electron chi connectivity index (χ1n) is 7.19. The molecule has 0 atom stereocenters. The van der Waals surface area contributed by atoms with Crippen molar-refractivity contribution in [2.45, 2.75) is 23.6 Å². The molecule has 0 radical (unpaired) electrons. The highest BCUT2D eigenvalue weighted by atomic mass is 32.2. The summed E-state index contributed by atoms with van der Waals surface area (Å²) in [4.78, 5) is 0.00720. The predicted molar refractivity (Wildman–Crippen MR) is 94.3 cm³/mol. The molecule has 0 aliphatic carbocycles. The van der Waals surface area contributed by atoms with Gasteiger partial charge in [0.05, 0.1) is 9.79 Å². The molecule has 0 aromatic heterocycles. The molecule has 1 aromatic carbocycles. The minimum absolute atomic E-state index is 0.0368. The van der Waals surface area contributed by atoms with Crippen LogP contribution in [0.1, 0.15) is 13.8 Å². The van der Waals surface area contributed by atoms with E-state index in [-0.39, 0.29) is 11.3 Å². The zero-order valence-corrected chi connectivity index (χ0v) is 15.7. The van der Waals surface area contributed by atoms with Crippen molar-refractivity contribution >= 4 is 25.9 Å².